The molecule has 148 valence electrons. The number of rotatable bonds is 7. The SMILES string of the molecule is O=C(NCCSCc1ccccc1)C1(c2ccc3c(c2)OCCO3)CCCC1. The van der Waals surface area contributed by atoms with Crippen molar-refractivity contribution < 1.29 is 14.3 Å². The van der Waals surface area contributed by atoms with Crippen molar-refractivity contribution in [2.24, 2.45) is 0 Å². The van der Waals surface area contributed by atoms with Crippen molar-refractivity contribution in [2.45, 2.75) is 36.9 Å². The number of ether oxygens (including phenoxy) is 2. The van der Waals surface area contributed by atoms with Gasteiger partial charge in [0.1, 0.15) is 13.2 Å². The van der Waals surface area contributed by atoms with Gasteiger partial charge in [0.05, 0.1) is 5.41 Å². The first-order chi connectivity index (χ1) is 13.8. The van der Waals surface area contributed by atoms with Crippen LogP contribution in [-0.4, -0.2) is 31.4 Å². The first-order valence-electron chi connectivity index (χ1n) is 10.1. The number of amides is 1. The number of hydrogen-bond acceptors (Lipinski definition) is 4. The maximum absolute atomic E-state index is 13.2. The summed E-state index contributed by atoms with van der Waals surface area (Å²) in [5.74, 6) is 3.59. The molecule has 0 bridgehead atoms. The Labute approximate surface area is 171 Å². The third-order valence-electron chi connectivity index (χ3n) is 5.63. The Balaban J connectivity index is 1.36. The van der Waals surface area contributed by atoms with Crippen molar-refractivity contribution in [1.82, 2.24) is 5.32 Å². The van der Waals surface area contributed by atoms with E-state index in [4.69, 9.17) is 9.47 Å². The van der Waals surface area contributed by atoms with Gasteiger partial charge in [0.25, 0.3) is 0 Å². The number of benzene rings is 2. The lowest BCUT2D eigenvalue weighted by molar-refractivity contribution is -0.126. The summed E-state index contributed by atoms with van der Waals surface area (Å²) in [5.41, 5.74) is 1.95. The Kier molecular flexibility index (Phi) is 6.10. The van der Waals surface area contributed by atoms with E-state index in [-0.39, 0.29) is 5.91 Å². The Morgan fingerprint density at radius 3 is 2.54 bits per heavy atom. The first kappa shape index (κ1) is 19.2. The molecule has 1 aliphatic heterocycles. The fraction of sp³-hybridized carbons (Fsp3) is 0.435. The van der Waals surface area contributed by atoms with Crippen LogP contribution < -0.4 is 14.8 Å². The largest absolute Gasteiger partial charge is 0.486 e. The minimum atomic E-state index is -0.431. The average molecular weight is 398 g/mol. The summed E-state index contributed by atoms with van der Waals surface area (Å²) in [6.45, 7) is 1.84. The van der Waals surface area contributed by atoms with Crippen molar-refractivity contribution in [2.75, 3.05) is 25.5 Å². The van der Waals surface area contributed by atoms with Crippen LogP contribution in [-0.2, 0) is 16.0 Å². The molecule has 2 aliphatic rings. The number of thioether (sulfide) groups is 1. The van der Waals surface area contributed by atoms with E-state index in [0.29, 0.717) is 19.8 Å². The molecule has 0 spiro atoms. The standard InChI is InChI=1S/C23H27NO3S/c25-22(24-12-15-28-17-18-6-2-1-3-7-18)23(10-4-5-11-23)19-8-9-20-21(16-19)27-14-13-26-20/h1-3,6-9,16H,4-5,10-15,17H2,(H,24,25). The highest BCUT2D eigenvalue weighted by molar-refractivity contribution is 7.98. The minimum Gasteiger partial charge on any atom is -0.486 e. The van der Waals surface area contributed by atoms with Gasteiger partial charge in [-0.15, -0.1) is 0 Å². The highest BCUT2D eigenvalue weighted by atomic mass is 32.2. The second-order valence-electron chi connectivity index (χ2n) is 7.44. The molecule has 28 heavy (non-hydrogen) atoms. The Morgan fingerprint density at radius 1 is 1.00 bits per heavy atom. The predicted molar refractivity (Wildman–Crippen MR) is 113 cm³/mol. The molecule has 4 nitrogen and oxygen atoms in total. The zero-order valence-corrected chi connectivity index (χ0v) is 16.9. The topological polar surface area (TPSA) is 47.6 Å². The van der Waals surface area contributed by atoms with E-state index in [1.165, 1.54) is 5.56 Å². The second-order valence-corrected chi connectivity index (χ2v) is 8.55. The van der Waals surface area contributed by atoms with Crippen molar-refractivity contribution in [3.63, 3.8) is 0 Å². The molecular weight excluding hydrogens is 370 g/mol. The molecular formula is C23H27NO3S. The van der Waals surface area contributed by atoms with Gasteiger partial charge in [0.2, 0.25) is 5.91 Å². The molecule has 0 saturated heterocycles. The van der Waals surface area contributed by atoms with Crippen molar-refractivity contribution in [1.29, 1.82) is 0 Å². The Morgan fingerprint density at radius 2 is 1.75 bits per heavy atom. The van der Waals surface area contributed by atoms with Crippen LogP contribution >= 0.6 is 11.8 Å². The normalized spacial score (nSPS) is 17.3. The lowest BCUT2D eigenvalue weighted by Gasteiger charge is -2.30. The Bertz CT molecular complexity index is 803. The maximum Gasteiger partial charge on any atom is 0.230 e. The zero-order valence-electron chi connectivity index (χ0n) is 16.1. The van der Waals surface area contributed by atoms with E-state index < -0.39 is 5.41 Å². The average Bonchev–Trinajstić information content (AvgIpc) is 3.25. The molecule has 1 aliphatic carbocycles. The fourth-order valence-electron chi connectivity index (χ4n) is 4.14. The molecule has 1 N–H and O–H groups in total. The smallest absolute Gasteiger partial charge is 0.230 e. The van der Waals surface area contributed by atoms with Crippen LogP contribution in [0.2, 0.25) is 0 Å². The summed E-state index contributed by atoms with van der Waals surface area (Å²) in [6.07, 6.45) is 3.97. The van der Waals surface area contributed by atoms with E-state index in [1.807, 2.05) is 36.0 Å². The number of carbonyl (C=O) groups is 1. The summed E-state index contributed by atoms with van der Waals surface area (Å²) in [4.78, 5) is 13.2. The van der Waals surface area contributed by atoms with Crippen molar-refractivity contribution >= 4 is 17.7 Å². The number of nitrogens with one attached hydrogen (secondary N) is 1. The molecule has 4 rings (SSSR count). The van der Waals surface area contributed by atoms with Crippen LogP contribution in [0.3, 0.4) is 0 Å². The van der Waals surface area contributed by atoms with E-state index >= 15 is 0 Å². The van der Waals surface area contributed by atoms with Gasteiger partial charge in [0.15, 0.2) is 11.5 Å². The molecule has 1 heterocycles. The summed E-state index contributed by atoms with van der Waals surface area (Å²) >= 11 is 1.85. The molecule has 2 aromatic rings. The molecule has 1 saturated carbocycles. The second kappa shape index (κ2) is 8.91. The van der Waals surface area contributed by atoms with E-state index in [1.54, 1.807) is 0 Å². The quantitative estimate of drug-likeness (QED) is 0.707. The minimum absolute atomic E-state index is 0.155. The summed E-state index contributed by atoms with van der Waals surface area (Å²) < 4.78 is 11.4. The maximum atomic E-state index is 13.2. The van der Waals surface area contributed by atoms with Crippen molar-refractivity contribution in [3.05, 3.63) is 59.7 Å². The molecule has 0 aromatic heterocycles. The highest BCUT2D eigenvalue weighted by Gasteiger charge is 2.43. The summed E-state index contributed by atoms with van der Waals surface area (Å²) in [6, 6.07) is 16.5. The van der Waals surface area contributed by atoms with Crippen molar-refractivity contribution in [3.8, 4) is 11.5 Å². The van der Waals surface area contributed by atoms with Gasteiger partial charge in [-0.3, -0.25) is 4.79 Å². The number of fused-ring (bicyclic) bond motifs is 1. The van der Waals surface area contributed by atoms with Crippen LogP contribution in [0.5, 0.6) is 11.5 Å². The molecule has 0 atom stereocenters. The summed E-state index contributed by atoms with van der Waals surface area (Å²) in [7, 11) is 0. The molecule has 1 fully saturated rings. The number of hydrogen-bond donors (Lipinski definition) is 1. The fourth-order valence-corrected chi connectivity index (χ4v) is 4.96. The first-order valence-corrected chi connectivity index (χ1v) is 11.2. The number of carbonyl (C=O) groups excluding carboxylic acids is 1. The van der Waals surface area contributed by atoms with Gasteiger partial charge in [-0.25, -0.2) is 0 Å². The van der Waals surface area contributed by atoms with E-state index in [9.17, 15) is 4.79 Å². The lowest BCUT2D eigenvalue weighted by Crippen LogP contribution is -2.43. The third-order valence-corrected chi connectivity index (χ3v) is 6.66. The lowest BCUT2D eigenvalue weighted by atomic mass is 9.77. The molecule has 5 heteroatoms. The molecule has 2 aromatic carbocycles. The van der Waals surface area contributed by atoms with Gasteiger partial charge in [0, 0.05) is 18.1 Å². The van der Waals surface area contributed by atoms with Crippen LogP contribution in [0.1, 0.15) is 36.8 Å². The van der Waals surface area contributed by atoms with E-state index in [2.05, 4.69) is 29.6 Å². The van der Waals surface area contributed by atoms with Crippen LogP contribution in [0.15, 0.2) is 48.5 Å². The zero-order chi connectivity index (χ0) is 19.2. The van der Waals surface area contributed by atoms with E-state index in [0.717, 1.165) is 54.3 Å². The predicted octanol–water partition coefficient (Wildman–Crippen LogP) is 4.32. The van der Waals surface area contributed by atoms with Gasteiger partial charge in [-0.05, 0) is 36.1 Å². The highest BCUT2D eigenvalue weighted by Crippen LogP contribution is 2.44. The monoisotopic (exact) mass is 397 g/mol. The van der Waals surface area contributed by atoms with Crippen LogP contribution in [0.25, 0.3) is 0 Å². The van der Waals surface area contributed by atoms with Gasteiger partial charge in [-0.1, -0.05) is 49.2 Å². The molecule has 0 unspecified atom stereocenters. The molecule has 1 amide bonds. The summed E-state index contributed by atoms with van der Waals surface area (Å²) in [5, 5.41) is 3.20. The molecule has 0 radical (unpaired) electrons. The van der Waals surface area contributed by atoms with Crippen LogP contribution in [0.4, 0.5) is 0 Å². The van der Waals surface area contributed by atoms with Crippen LogP contribution in [0, 0.1) is 0 Å². The van der Waals surface area contributed by atoms with Gasteiger partial charge >= 0.3 is 0 Å². The van der Waals surface area contributed by atoms with Gasteiger partial charge in [-0.2, -0.15) is 11.8 Å². The Hall–Kier alpha value is -2.14. The third kappa shape index (κ3) is 4.14. The van der Waals surface area contributed by atoms with Gasteiger partial charge < -0.3 is 14.8 Å².